The largest absolute Gasteiger partial charge is 0.465 e. The van der Waals surface area contributed by atoms with E-state index in [4.69, 9.17) is 18.9 Å². The Hall–Kier alpha value is -1.18. The van der Waals surface area contributed by atoms with Gasteiger partial charge in [0.1, 0.15) is 17.8 Å². The molecule has 0 spiro atoms. The first kappa shape index (κ1) is 19.9. The number of alkyl halides is 1. The fourth-order valence-corrected chi connectivity index (χ4v) is 2.21. The summed E-state index contributed by atoms with van der Waals surface area (Å²) in [6.45, 7) is 4.75. The van der Waals surface area contributed by atoms with Crippen molar-refractivity contribution in [3.05, 3.63) is 27.7 Å². The minimum absolute atomic E-state index is 0.0246. The van der Waals surface area contributed by atoms with Crippen LogP contribution < -0.4 is 4.74 Å². The third-order valence-corrected chi connectivity index (χ3v) is 3.22. The molecule has 0 saturated carbocycles. The van der Waals surface area contributed by atoms with Crippen LogP contribution in [0.1, 0.15) is 36.7 Å². The van der Waals surface area contributed by atoms with Gasteiger partial charge in [-0.1, -0.05) is 6.07 Å². The van der Waals surface area contributed by atoms with E-state index in [-0.39, 0.29) is 25.6 Å². The highest BCUT2D eigenvalue weighted by molar-refractivity contribution is 9.10. The van der Waals surface area contributed by atoms with Crippen molar-refractivity contribution < 1.29 is 28.1 Å². The quantitative estimate of drug-likeness (QED) is 0.381. The van der Waals surface area contributed by atoms with Crippen LogP contribution in [0.3, 0.4) is 0 Å². The number of rotatable bonds is 8. The molecule has 0 saturated heterocycles. The van der Waals surface area contributed by atoms with Gasteiger partial charge in [-0.05, 0) is 48.3 Å². The van der Waals surface area contributed by atoms with Crippen LogP contribution in [0.15, 0.2) is 16.6 Å². The van der Waals surface area contributed by atoms with Crippen LogP contribution in [0.5, 0.6) is 5.75 Å². The van der Waals surface area contributed by atoms with Gasteiger partial charge >= 0.3 is 5.97 Å². The molecule has 0 amide bonds. The zero-order valence-electron chi connectivity index (χ0n) is 13.8. The van der Waals surface area contributed by atoms with Gasteiger partial charge < -0.3 is 18.9 Å². The lowest BCUT2D eigenvalue weighted by molar-refractivity contribution is 0.00491. The van der Waals surface area contributed by atoms with Gasteiger partial charge in [0, 0.05) is 7.11 Å². The van der Waals surface area contributed by atoms with E-state index in [1.807, 2.05) is 0 Å². The molecule has 0 aromatic heterocycles. The zero-order chi connectivity index (χ0) is 17.5. The van der Waals surface area contributed by atoms with Gasteiger partial charge in [0.15, 0.2) is 12.5 Å². The highest BCUT2D eigenvalue weighted by Crippen LogP contribution is 2.34. The Balaban J connectivity index is 3.20. The second kappa shape index (κ2) is 9.20. The molecule has 0 N–H and O–H groups in total. The van der Waals surface area contributed by atoms with Crippen LogP contribution in [0, 0.1) is 0 Å². The van der Waals surface area contributed by atoms with Crippen LogP contribution in [-0.2, 0) is 20.8 Å². The van der Waals surface area contributed by atoms with Crippen LogP contribution in [0.2, 0.25) is 0 Å². The van der Waals surface area contributed by atoms with Crippen LogP contribution in [0.4, 0.5) is 4.39 Å². The Morgan fingerprint density at radius 1 is 1.30 bits per heavy atom. The van der Waals surface area contributed by atoms with Crippen molar-refractivity contribution in [2.75, 3.05) is 27.2 Å². The van der Waals surface area contributed by atoms with Gasteiger partial charge in [-0.3, -0.25) is 0 Å². The first-order chi connectivity index (χ1) is 10.8. The Morgan fingerprint density at radius 2 is 2.00 bits per heavy atom. The van der Waals surface area contributed by atoms with Gasteiger partial charge in [-0.25, -0.2) is 9.18 Å². The van der Waals surface area contributed by atoms with E-state index in [2.05, 4.69) is 15.9 Å². The lowest BCUT2D eigenvalue weighted by Gasteiger charge is -2.22. The zero-order valence-corrected chi connectivity index (χ0v) is 15.4. The van der Waals surface area contributed by atoms with Crippen molar-refractivity contribution in [2.24, 2.45) is 0 Å². The number of benzene rings is 1. The lowest BCUT2D eigenvalue weighted by Crippen LogP contribution is -2.25. The van der Waals surface area contributed by atoms with Gasteiger partial charge in [0.05, 0.1) is 17.7 Å². The standard InChI is InChI=1S/C16H22BrFO5/c1-16(2,3)23-15(19)13-11(9-21-8-7-18)5-6-12(17)14(13)22-10-20-4/h5-6H,7-10H2,1-4H3. The fourth-order valence-electron chi connectivity index (χ4n) is 1.77. The third kappa shape index (κ3) is 6.45. The Bertz CT molecular complexity index is 528. The van der Waals surface area contributed by atoms with Gasteiger partial charge in [0.25, 0.3) is 0 Å². The summed E-state index contributed by atoms with van der Waals surface area (Å²) in [7, 11) is 1.48. The fraction of sp³-hybridized carbons (Fsp3) is 0.562. The minimum Gasteiger partial charge on any atom is -0.465 e. The lowest BCUT2D eigenvalue weighted by atomic mass is 10.1. The maximum atomic E-state index is 12.6. The third-order valence-electron chi connectivity index (χ3n) is 2.60. The SMILES string of the molecule is COCOc1c(Br)ccc(COCCF)c1C(=O)OC(C)(C)C. The normalized spacial score (nSPS) is 11.4. The Morgan fingerprint density at radius 3 is 2.57 bits per heavy atom. The summed E-state index contributed by atoms with van der Waals surface area (Å²) in [5, 5.41) is 0. The molecule has 0 bridgehead atoms. The van der Waals surface area contributed by atoms with E-state index >= 15 is 0 Å². The van der Waals surface area contributed by atoms with E-state index in [9.17, 15) is 9.18 Å². The second-order valence-electron chi connectivity index (χ2n) is 5.70. The average Bonchev–Trinajstić information content (AvgIpc) is 2.45. The number of esters is 1. The van der Waals surface area contributed by atoms with Gasteiger partial charge in [-0.15, -0.1) is 0 Å². The molecule has 0 aliphatic heterocycles. The Kier molecular flexibility index (Phi) is 7.94. The number of carbonyl (C=O) groups is 1. The van der Waals surface area contributed by atoms with Crippen molar-refractivity contribution in [1.82, 2.24) is 0 Å². The predicted octanol–water partition coefficient (Wildman–Crippen LogP) is 3.87. The molecule has 7 heteroatoms. The summed E-state index contributed by atoms with van der Waals surface area (Å²) in [6.07, 6.45) is 0. The molecule has 0 radical (unpaired) electrons. The maximum Gasteiger partial charge on any atom is 0.342 e. The molecule has 5 nitrogen and oxygen atoms in total. The van der Waals surface area contributed by atoms with Crippen molar-refractivity contribution in [2.45, 2.75) is 33.0 Å². The molecule has 0 atom stereocenters. The van der Waals surface area contributed by atoms with Crippen LogP contribution in [0.25, 0.3) is 0 Å². The molecule has 1 rings (SSSR count). The summed E-state index contributed by atoms with van der Waals surface area (Å²) in [5.74, 6) is -0.230. The van der Waals surface area contributed by atoms with E-state index in [0.717, 1.165) is 0 Å². The predicted molar refractivity (Wildman–Crippen MR) is 87.4 cm³/mol. The smallest absolute Gasteiger partial charge is 0.342 e. The molecule has 0 aliphatic carbocycles. The molecule has 1 aromatic rings. The molecule has 1 aromatic carbocycles. The summed E-state index contributed by atoms with van der Waals surface area (Å²) >= 11 is 3.35. The first-order valence-corrected chi connectivity index (χ1v) is 7.89. The van der Waals surface area contributed by atoms with Crippen LogP contribution in [-0.4, -0.2) is 38.8 Å². The molecule has 23 heavy (non-hydrogen) atoms. The van der Waals surface area contributed by atoms with Crippen molar-refractivity contribution in [1.29, 1.82) is 0 Å². The van der Waals surface area contributed by atoms with E-state index in [1.54, 1.807) is 32.9 Å². The van der Waals surface area contributed by atoms with Crippen LogP contribution >= 0.6 is 15.9 Å². The molecular formula is C16H22BrFO5. The number of hydrogen-bond donors (Lipinski definition) is 0. The maximum absolute atomic E-state index is 12.6. The molecule has 130 valence electrons. The number of methoxy groups -OCH3 is 1. The van der Waals surface area contributed by atoms with Crippen molar-refractivity contribution >= 4 is 21.9 Å². The number of halogens is 2. The highest BCUT2D eigenvalue weighted by atomic mass is 79.9. The molecule has 0 unspecified atom stereocenters. The summed E-state index contributed by atoms with van der Waals surface area (Å²) < 4.78 is 33.8. The monoisotopic (exact) mass is 392 g/mol. The first-order valence-electron chi connectivity index (χ1n) is 7.10. The van der Waals surface area contributed by atoms with Crippen molar-refractivity contribution in [3.63, 3.8) is 0 Å². The molecular weight excluding hydrogens is 371 g/mol. The summed E-state index contributed by atoms with van der Waals surface area (Å²) in [6, 6.07) is 3.44. The summed E-state index contributed by atoms with van der Waals surface area (Å²) in [4.78, 5) is 12.6. The topological polar surface area (TPSA) is 54.0 Å². The van der Waals surface area contributed by atoms with E-state index < -0.39 is 18.2 Å². The highest BCUT2D eigenvalue weighted by Gasteiger charge is 2.26. The second-order valence-corrected chi connectivity index (χ2v) is 6.56. The minimum atomic E-state index is -0.658. The molecule has 0 heterocycles. The number of carbonyl (C=O) groups excluding carboxylic acids is 1. The van der Waals surface area contributed by atoms with Gasteiger partial charge in [-0.2, -0.15) is 0 Å². The Labute approximate surface area is 144 Å². The molecule has 0 aliphatic rings. The summed E-state index contributed by atoms with van der Waals surface area (Å²) in [5.41, 5.74) is 0.141. The van der Waals surface area contributed by atoms with E-state index in [1.165, 1.54) is 7.11 Å². The number of ether oxygens (including phenoxy) is 4. The number of hydrogen-bond acceptors (Lipinski definition) is 5. The van der Waals surface area contributed by atoms with Crippen molar-refractivity contribution in [3.8, 4) is 5.75 Å². The van der Waals surface area contributed by atoms with E-state index in [0.29, 0.717) is 15.8 Å². The average molecular weight is 393 g/mol. The molecule has 0 fully saturated rings. The van der Waals surface area contributed by atoms with Gasteiger partial charge in [0.2, 0.25) is 0 Å².